The van der Waals surface area contributed by atoms with Crippen LogP contribution in [-0.2, 0) is 0 Å². The molecule has 0 amide bonds. The summed E-state index contributed by atoms with van der Waals surface area (Å²) in [6.07, 6.45) is 0. The summed E-state index contributed by atoms with van der Waals surface area (Å²) in [4.78, 5) is 0. The quantitative estimate of drug-likeness (QED) is 0.455. The molecule has 0 spiro atoms. The number of rotatable bonds is 0. The third kappa shape index (κ3) is 3.10. The predicted molar refractivity (Wildman–Crippen MR) is 34.4 cm³/mol. The molecule has 0 aliphatic heterocycles. The molecule has 0 nitrogen and oxygen atoms in total. The Morgan fingerprint density at radius 1 is 0.571 bits per heavy atom. The molecular weight excluding hydrogens is 112 g/mol. The van der Waals surface area contributed by atoms with Gasteiger partial charge in [0, 0.05) is 0 Å². The van der Waals surface area contributed by atoms with Crippen molar-refractivity contribution in [3.8, 4) is 0 Å². The minimum absolute atomic E-state index is 0. The summed E-state index contributed by atoms with van der Waals surface area (Å²) < 4.78 is 0. The molecule has 1 rings (SSSR count). The van der Waals surface area contributed by atoms with Crippen molar-refractivity contribution in [1.29, 1.82) is 0 Å². The Bertz CT molecular complexity index is 83.0. The van der Waals surface area contributed by atoms with E-state index in [9.17, 15) is 0 Å². The van der Waals surface area contributed by atoms with Gasteiger partial charge in [-0.1, -0.05) is 36.4 Å². The fourth-order valence-corrected chi connectivity index (χ4v) is 0.385. The van der Waals surface area contributed by atoms with E-state index in [2.05, 4.69) is 0 Å². The topological polar surface area (TPSA) is 0 Å². The second-order valence-electron chi connectivity index (χ2n) is 1.15. The van der Waals surface area contributed by atoms with Gasteiger partial charge < -0.3 is 2.85 Å². The average Bonchev–Trinajstić information content (AvgIpc) is 1.72. The van der Waals surface area contributed by atoms with Gasteiger partial charge in [0.05, 0.1) is 0 Å². The van der Waals surface area contributed by atoms with Gasteiger partial charge >= 0.3 is 37.7 Å². The molecule has 0 bridgehead atoms. The van der Waals surface area contributed by atoms with E-state index in [1.54, 1.807) is 0 Å². The van der Waals surface area contributed by atoms with Crippen LogP contribution in [0.2, 0.25) is 0 Å². The van der Waals surface area contributed by atoms with Gasteiger partial charge in [0.25, 0.3) is 0 Å². The first kappa shape index (κ1) is 7.48. The molecule has 0 heterocycles. The molecule has 0 aliphatic rings. The van der Waals surface area contributed by atoms with Gasteiger partial charge in [-0.25, -0.2) is 0 Å². The molecule has 0 saturated carbocycles. The van der Waals surface area contributed by atoms with E-state index in [4.69, 9.17) is 0 Å². The van der Waals surface area contributed by atoms with Crippen molar-refractivity contribution in [2.45, 2.75) is 0 Å². The molecule has 0 atom stereocenters. The van der Waals surface area contributed by atoms with Crippen LogP contribution in [0.3, 0.4) is 0 Å². The maximum Gasteiger partial charge on any atom is 2.00 e. The van der Waals surface area contributed by atoms with E-state index >= 15 is 0 Å². The van der Waals surface area contributed by atoms with Gasteiger partial charge in [0.15, 0.2) is 0 Å². The Hall–Kier alpha value is 0.480. The van der Waals surface area contributed by atoms with E-state index in [-0.39, 0.29) is 40.6 Å². The van der Waals surface area contributed by atoms with Gasteiger partial charge in [-0.3, -0.25) is 0 Å². The molecule has 0 aromatic heterocycles. The van der Waals surface area contributed by atoms with Crippen molar-refractivity contribution in [1.82, 2.24) is 0 Å². The first-order chi connectivity index (χ1) is 3.00. The molecule has 0 unspecified atom stereocenters. The number of hydrogen-bond acceptors (Lipinski definition) is 0. The van der Waals surface area contributed by atoms with Crippen LogP contribution < -0.4 is 0 Å². The van der Waals surface area contributed by atoms with E-state index in [0.29, 0.717) is 0 Å². The molecule has 0 radical (unpaired) electrons. The summed E-state index contributed by atoms with van der Waals surface area (Å²) in [7, 11) is 0. The Labute approximate surface area is 76.5 Å². The Kier molecular flexibility index (Phi) is 4.95. The largest absolute Gasteiger partial charge is 2.00 e. The Morgan fingerprint density at radius 3 is 0.857 bits per heavy atom. The first-order valence-electron chi connectivity index (χ1n) is 2.00. The SMILES string of the molecule is [Ca+2].[H-].[H-].c1ccccc1. The summed E-state index contributed by atoms with van der Waals surface area (Å²) in [6, 6.07) is 12.0. The third-order valence-corrected chi connectivity index (χ3v) is 0.667. The van der Waals surface area contributed by atoms with Crippen LogP contribution in [0.25, 0.3) is 0 Å². The molecule has 0 N–H and O–H groups in total. The Morgan fingerprint density at radius 2 is 0.714 bits per heavy atom. The van der Waals surface area contributed by atoms with Crippen molar-refractivity contribution in [3.05, 3.63) is 36.4 Å². The summed E-state index contributed by atoms with van der Waals surface area (Å²) in [6.45, 7) is 0. The van der Waals surface area contributed by atoms with Crippen LogP contribution in [0.15, 0.2) is 36.4 Å². The third-order valence-electron chi connectivity index (χ3n) is 0.667. The molecule has 34 valence electrons. The van der Waals surface area contributed by atoms with Crippen molar-refractivity contribution >= 4 is 37.7 Å². The van der Waals surface area contributed by atoms with Crippen LogP contribution in [0, 0.1) is 0 Å². The zero-order chi connectivity index (χ0) is 4.24. The molecular formula is C6H8Ca. The monoisotopic (exact) mass is 120 g/mol. The molecule has 1 aromatic rings. The van der Waals surface area contributed by atoms with Crippen LogP contribution in [0.5, 0.6) is 0 Å². The van der Waals surface area contributed by atoms with Crippen molar-refractivity contribution in [2.75, 3.05) is 0 Å². The summed E-state index contributed by atoms with van der Waals surface area (Å²) in [5.74, 6) is 0. The maximum absolute atomic E-state index is 2.00. The van der Waals surface area contributed by atoms with E-state index < -0.39 is 0 Å². The smallest absolute Gasteiger partial charge is 1.00 e. The molecule has 0 fully saturated rings. The fourth-order valence-electron chi connectivity index (χ4n) is 0.385. The van der Waals surface area contributed by atoms with Gasteiger partial charge in [0.1, 0.15) is 0 Å². The van der Waals surface area contributed by atoms with Gasteiger partial charge in [-0.2, -0.15) is 0 Å². The molecule has 1 heteroatoms. The minimum atomic E-state index is 0. The molecule has 7 heavy (non-hydrogen) atoms. The zero-order valence-electron chi connectivity index (χ0n) is 6.17. The van der Waals surface area contributed by atoms with Crippen LogP contribution in [-0.4, -0.2) is 37.7 Å². The summed E-state index contributed by atoms with van der Waals surface area (Å²) in [5, 5.41) is 0. The van der Waals surface area contributed by atoms with E-state index in [0.717, 1.165) is 0 Å². The maximum atomic E-state index is 2.00. The average molecular weight is 120 g/mol. The normalized spacial score (nSPS) is 6.86. The minimum Gasteiger partial charge on any atom is -1.00 e. The second kappa shape index (κ2) is 4.63. The molecule has 1 aromatic carbocycles. The van der Waals surface area contributed by atoms with Crippen molar-refractivity contribution < 1.29 is 2.85 Å². The Balaban J connectivity index is -0.000000120. The standard InChI is InChI=1S/C6H6.Ca.2H/c1-2-4-6-5-3-1;;;/h1-6H;;;/q;+2;2*-1. The fraction of sp³-hybridized carbons (Fsp3) is 0. The molecule has 0 aliphatic carbocycles. The van der Waals surface area contributed by atoms with Gasteiger partial charge in [-0.15, -0.1) is 0 Å². The van der Waals surface area contributed by atoms with Crippen LogP contribution >= 0.6 is 0 Å². The number of benzene rings is 1. The zero-order valence-corrected chi connectivity index (χ0v) is 6.38. The van der Waals surface area contributed by atoms with Crippen LogP contribution in [0.1, 0.15) is 2.85 Å². The predicted octanol–water partition coefficient (Wildman–Crippen LogP) is 1.53. The second-order valence-corrected chi connectivity index (χ2v) is 1.15. The molecule has 0 saturated heterocycles. The van der Waals surface area contributed by atoms with Gasteiger partial charge in [-0.05, 0) is 0 Å². The van der Waals surface area contributed by atoms with E-state index in [1.165, 1.54) is 0 Å². The van der Waals surface area contributed by atoms with Crippen molar-refractivity contribution in [3.63, 3.8) is 0 Å². The van der Waals surface area contributed by atoms with Crippen molar-refractivity contribution in [2.24, 2.45) is 0 Å². The summed E-state index contributed by atoms with van der Waals surface area (Å²) in [5.41, 5.74) is 0. The first-order valence-corrected chi connectivity index (χ1v) is 2.00. The van der Waals surface area contributed by atoms with Crippen LogP contribution in [0.4, 0.5) is 0 Å². The number of hydrogen-bond donors (Lipinski definition) is 0. The summed E-state index contributed by atoms with van der Waals surface area (Å²) >= 11 is 0. The van der Waals surface area contributed by atoms with E-state index in [1.807, 2.05) is 36.4 Å². The van der Waals surface area contributed by atoms with Gasteiger partial charge in [0.2, 0.25) is 0 Å².